The first-order chi connectivity index (χ1) is 10.2. The van der Waals surface area contributed by atoms with Crippen LogP contribution >= 0.6 is 11.3 Å². The van der Waals surface area contributed by atoms with Gasteiger partial charge >= 0.3 is 0 Å². The van der Waals surface area contributed by atoms with Crippen LogP contribution in [-0.2, 0) is 13.2 Å². The van der Waals surface area contributed by atoms with E-state index in [1.807, 2.05) is 37.3 Å². The number of para-hydroxylation sites is 1. The Hall–Kier alpha value is -1.91. The molecule has 0 aliphatic rings. The van der Waals surface area contributed by atoms with E-state index in [1.165, 1.54) is 17.4 Å². The Morgan fingerprint density at radius 2 is 1.95 bits per heavy atom. The van der Waals surface area contributed by atoms with Crippen molar-refractivity contribution in [3.8, 4) is 5.75 Å². The molecule has 0 saturated heterocycles. The molecular formula is C17H16FNOS. The minimum absolute atomic E-state index is 0.216. The standard InChI is InChI=1S/C17H16FNOS/c1-11-5-2-3-7-14(11)20-10-12-16(9-19)21-15-8-4-6-13(18)17(12)15/h2-8H,9-10,19H2,1H3. The van der Waals surface area contributed by atoms with Gasteiger partial charge in [0.2, 0.25) is 0 Å². The number of halogens is 1. The van der Waals surface area contributed by atoms with E-state index in [-0.39, 0.29) is 5.82 Å². The van der Waals surface area contributed by atoms with Gasteiger partial charge in [0.1, 0.15) is 18.2 Å². The Bertz CT molecular complexity index is 782. The Balaban J connectivity index is 1.98. The Morgan fingerprint density at radius 1 is 1.14 bits per heavy atom. The van der Waals surface area contributed by atoms with E-state index in [0.29, 0.717) is 18.5 Å². The van der Waals surface area contributed by atoms with E-state index in [0.717, 1.165) is 26.5 Å². The molecule has 0 aliphatic heterocycles. The number of thiophene rings is 1. The van der Waals surface area contributed by atoms with E-state index in [1.54, 1.807) is 6.07 Å². The van der Waals surface area contributed by atoms with Crippen LogP contribution in [0.25, 0.3) is 10.1 Å². The van der Waals surface area contributed by atoms with Gasteiger partial charge in [-0.05, 0) is 30.7 Å². The summed E-state index contributed by atoms with van der Waals surface area (Å²) in [7, 11) is 0. The molecule has 2 N–H and O–H groups in total. The summed E-state index contributed by atoms with van der Waals surface area (Å²) in [6.07, 6.45) is 0. The smallest absolute Gasteiger partial charge is 0.132 e. The number of nitrogens with two attached hydrogens (primary N) is 1. The van der Waals surface area contributed by atoms with Gasteiger partial charge in [0.15, 0.2) is 0 Å². The van der Waals surface area contributed by atoms with Crippen molar-refractivity contribution >= 4 is 21.4 Å². The molecule has 2 nitrogen and oxygen atoms in total. The van der Waals surface area contributed by atoms with Gasteiger partial charge in [0, 0.05) is 27.1 Å². The molecule has 3 rings (SSSR count). The normalized spacial score (nSPS) is 11.0. The lowest BCUT2D eigenvalue weighted by atomic mass is 10.1. The minimum Gasteiger partial charge on any atom is -0.489 e. The number of ether oxygens (including phenoxy) is 1. The van der Waals surface area contributed by atoms with Crippen molar-refractivity contribution in [2.45, 2.75) is 20.1 Å². The van der Waals surface area contributed by atoms with Crippen molar-refractivity contribution in [1.29, 1.82) is 0 Å². The van der Waals surface area contributed by atoms with Crippen LogP contribution in [0.4, 0.5) is 4.39 Å². The summed E-state index contributed by atoms with van der Waals surface area (Å²) in [4.78, 5) is 0.976. The highest BCUT2D eigenvalue weighted by Gasteiger charge is 2.15. The fourth-order valence-corrected chi connectivity index (χ4v) is 3.50. The van der Waals surface area contributed by atoms with Crippen LogP contribution in [0, 0.1) is 12.7 Å². The molecule has 0 aliphatic carbocycles. The molecule has 21 heavy (non-hydrogen) atoms. The van der Waals surface area contributed by atoms with Crippen LogP contribution < -0.4 is 10.5 Å². The Labute approximate surface area is 127 Å². The maximum Gasteiger partial charge on any atom is 0.132 e. The van der Waals surface area contributed by atoms with Crippen LogP contribution in [-0.4, -0.2) is 0 Å². The second kappa shape index (κ2) is 5.84. The molecule has 1 heterocycles. The fourth-order valence-electron chi connectivity index (χ4n) is 2.40. The van der Waals surface area contributed by atoms with Gasteiger partial charge in [-0.15, -0.1) is 11.3 Å². The molecule has 0 radical (unpaired) electrons. The van der Waals surface area contributed by atoms with Crippen LogP contribution in [0.3, 0.4) is 0 Å². The number of hydrogen-bond acceptors (Lipinski definition) is 3. The molecular weight excluding hydrogens is 285 g/mol. The van der Waals surface area contributed by atoms with Gasteiger partial charge in [0.05, 0.1) is 0 Å². The third kappa shape index (κ3) is 2.64. The lowest BCUT2D eigenvalue weighted by molar-refractivity contribution is 0.304. The highest BCUT2D eigenvalue weighted by molar-refractivity contribution is 7.19. The van der Waals surface area contributed by atoms with E-state index >= 15 is 0 Å². The summed E-state index contributed by atoms with van der Waals surface area (Å²) in [5, 5.41) is 0.636. The predicted octanol–water partition coefficient (Wildman–Crippen LogP) is 4.39. The van der Waals surface area contributed by atoms with Gasteiger partial charge in [-0.1, -0.05) is 24.3 Å². The zero-order chi connectivity index (χ0) is 14.8. The summed E-state index contributed by atoms with van der Waals surface area (Å²) in [5.41, 5.74) is 7.72. The number of hydrogen-bond donors (Lipinski definition) is 1. The SMILES string of the molecule is Cc1ccccc1OCc1c(CN)sc2cccc(F)c12. The molecule has 0 atom stereocenters. The molecule has 1 aromatic heterocycles. The first-order valence-corrected chi connectivity index (χ1v) is 7.59. The van der Waals surface area contributed by atoms with Gasteiger partial charge < -0.3 is 10.5 Å². The monoisotopic (exact) mass is 301 g/mol. The zero-order valence-corrected chi connectivity index (χ0v) is 12.5. The fraction of sp³-hybridized carbons (Fsp3) is 0.176. The summed E-state index contributed by atoms with van der Waals surface area (Å²) in [6.45, 7) is 2.72. The van der Waals surface area contributed by atoms with E-state index in [2.05, 4.69) is 0 Å². The zero-order valence-electron chi connectivity index (χ0n) is 11.7. The second-order valence-electron chi connectivity index (χ2n) is 4.88. The molecule has 2 aromatic carbocycles. The molecule has 0 fully saturated rings. The maximum absolute atomic E-state index is 14.1. The largest absolute Gasteiger partial charge is 0.489 e. The highest BCUT2D eigenvalue weighted by Crippen LogP contribution is 2.34. The highest BCUT2D eigenvalue weighted by atomic mass is 32.1. The predicted molar refractivity (Wildman–Crippen MR) is 85.2 cm³/mol. The third-order valence-corrected chi connectivity index (χ3v) is 4.72. The molecule has 3 aromatic rings. The van der Waals surface area contributed by atoms with Crippen molar-refractivity contribution < 1.29 is 9.13 Å². The molecule has 0 unspecified atom stereocenters. The topological polar surface area (TPSA) is 35.2 Å². The summed E-state index contributed by atoms with van der Waals surface area (Å²) in [5.74, 6) is 0.600. The molecule has 0 amide bonds. The van der Waals surface area contributed by atoms with Crippen LogP contribution in [0.5, 0.6) is 5.75 Å². The van der Waals surface area contributed by atoms with Gasteiger partial charge in [-0.2, -0.15) is 0 Å². The first-order valence-electron chi connectivity index (χ1n) is 6.78. The van der Waals surface area contributed by atoms with Crippen molar-refractivity contribution in [3.63, 3.8) is 0 Å². The van der Waals surface area contributed by atoms with Crippen LogP contribution in [0.15, 0.2) is 42.5 Å². The van der Waals surface area contributed by atoms with E-state index < -0.39 is 0 Å². The molecule has 0 spiro atoms. The molecule has 0 bridgehead atoms. The van der Waals surface area contributed by atoms with Crippen molar-refractivity contribution in [3.05, 3.63) is 64.3 Å². The molecule has 4 heteroatoms. The number of rotatable bonds is 4. The summed E-state index contributed by atoms with van der Waals surface area (Å²) < 4.78 is 20.9. The summed E-state index contributed by atoms with van der Waals surface area (Å²) in [6, 6.07) is 12.9. The average molecular weight is 301 g/mol. The average Bonchev–Trinajstić information content (AvgIpc) is 2.85. The van der Waals surface area contributed by atoms with Crippen LogP contribution in [0.2, 0.25) is 0 Å². The maximum atomic E-state index is 14.1. The van der Waals surface area contributed by atoms with Crippen molar-refractivity contribution in [1.82, 2.24) is 0 Å². The molecule has 0 saturated carbocycles. The second-order valence-corrected chi connectivity index (χ2v) is 6.01. The Kier molecular flexibility index (Phi) is 3.90. The lowest BCUT2D eigenvalue weighted by Gasteiger charge is -2.10. The quantitative estimate of drug-likeness (QED) is 0.776. The van der Waals surface area contributed by atoms with Gasteiger partial charge in [-0.3, -0.25) is 0 Å². The van der Waals surface area contributed by atoms with Crippen molar-refractivity contribution in [2.75, 3.05) is 0 Å². The molecule has 108 valence electrons. The lowest BCUT2D eigenvalue weighted by Crippen LogP contribution is -2.02. The number of fused-ring (bicyclic) bond motifs is 1. The minimum atomic E-state index is -0.216. The first kappa shape index (κ1) is 14.0. The van der Waals surface area contributed by atoms with E-state index in [4.69, 9.17) is 10.5 Å². The van der Waals surface area contributed by atoms with Crippen molar-refractivity contribution in [2.24, 2.45) is 5.73 Å². The Morgan fingerprint density at radius 3 is 2.71 bits per heavy atom. The third-order valence-electron chi connectivity index (χ3n) is 3.50. The van der Waals surface area contributed by atoms with Gasteiger partial charge in [0.25, 0.3) is 0 Å². The van der Waals surface area contributed by atoms with Crippen LogP contribution in [0.1, 0.15) is 16.0 Å². The number of benzene rings is 2. The summed E-state index contributed by atoms with van der Waals surface area (Å²) >= 11 is 1.53. The number of aryl methyl sites for hydroxylation is 1. The van der Waals surface area contributed by atoms with E-state index in [9.17, 15) is 4.39 Å². The van der Waals surface area contributed by atoms with Gasteiger partial charge in [-0.25, -0.2) is 4.39 Å².